The Kier molecular flexibility index (Phi) is 5.10. The maximum atomic E-state index is 9.31. The lowest BCUT2D eigenvalue weighted by Crippen LogP contribution is -2.34. The first-order chi connectivity index (χ1) is 8.69. The van der Waals surface area contributed by atoms with Gasteiger partial charge in [-0.2, -0.15) is 0 Å². The fourth-order valence-corrected chi connectivity index (χ4v) is 3.00. The molecule has 2 rings (SSSR count). The number of rotatable bonds is 7. The van der Waals surface area contributed by atoms with Crippen molar-refractivity contribution in [1.82, 2.24) is 5.32 Å². The molecule has 18 heavy (non-hydrogen) atoms. The summed E-state index contributed by atoms with van der Waals surface area (Å²) in [6, 6.07) is 7.58. The average Bonchev–Trinajstić information content (AvgIpc) is 3.16. The number of thioether (sulfide) groups is 1. The fourth-order valence-electron chi connectivity index (χ4n) is 1.93. The van der Waals surface area contributed by atoms with E-state index in [1.807, 2.05) is 11.8 Å². The van der Waals surface area contributed by atoms with E-state index in [0.717, 1.165) is 12.2 Å². The minimum atomic E-state index is 0.254. The standard InChI is InChI=1S/C15H23NOS/c1-11-3-6-15(9-12(11)2)18-8-7-14(10-17)16-13-4-5-13/h3,6,9,13-14,16-17H,4-5,7-8,10H2,1-2H3. The number of aryl methyl sites for hydroxylation is 2. The van der Waals surface area contributed by atoms with Gasteiger partial charge >= 0.3 is 0 Å². The summed E-state index contributed by atoms with van der Waals surface area (Å²) in [5.74, 6) is 1.06. The van der Waals surface area contributed by atoms with Crippen molar-refractivity contribution in [1.29, 1.82) is 0 Å². The number of aliphatic hydroxyl groups excluding tert-OH is 1. The summed E-state index contributed by atoms with van der Waals surface area (Å²) < 4.78 is 0. The van der Waals surface area contributed by atoms with Crippen molar-refractivity contribution >= 4 is 11.8 Å². The van der Waals surface area contributed by atoms with Gasteiger partial charge in [-0.15, -0.1) is 11.8 Å². The number of nitrogens with one attached hydrogen (secondary N) is 1. The van der Waals surface area contributed by atoms with Gasteiger partial charge in [0.05, 0.1) is 6.61 Å². The van der Waals surface area contributed by atoms with Crippen LogP contribution in [0.3, 0.4) is 0 Å². The predicted molar refractivity (Wildman–Crippen MR) is 78.3 cm³/mol. The number of hydrogen-bond acceptors (Lipinski definition) is 3. The third-order valence-electron chi connectivity index (χ3n) is 3.48. The highest BCUT2D eigenvalue weighted by Crippen LogP contribution is 2.23. The minimum Gasteiger partial charge on any atom is -0.395 e. The Morgan fingerprint density at radius 2 is 2.11 bits per heavy atom. The van der Waals surface area contributed by atoms with Crippen LogP contribution in [-0.2, 0) is 0 Å². The molecule has 0 amide bonds. The first-order valence-corrected chi connectivity index (χ1v) is 7.74. The molecule has 1 aliphatic carbocycles. The van der Waals surface area contributed by atoms with Crippen molar-refractivity contribution in [2.75, 3.05) is 12.4 Å². The smallest absolute Gasteiger partial charge is 0.0585 e. The molecular weight excluding hydrogens is 242 g/mol. The molecule has 0 spiro atoms. The summed E-state index contributed by atoms with van der Waals surface area (Å²) >= 11 is 1.88. The summed E-state index contributed by atoms with van der Waals surface area (Å²) in [6.07, 6.45) is 3.59. The molecule has 2 N–H and O–H groups in total. The second kappa shape index (κ2) is 6.60. The van der Waals surface area contributed by atoms with Gasteiger partial charge in [-0.05, 0) is 62.1 Å². The molecule has 0 saturated heterocycles. The molecule has 1 aromatic rings. The quantitative estimate of drug-likeness (QED) is 0.744. The Morgan fingerprint density at radius 1 is 1.33 bits per heavy atom. The lowest BCUT2D eigenvalue weighted by molar-refractivity contribution is 0.239. The highest BCUT2D eigenvalue weighted by atomic mass is 32.2. The van der Waals surface area contributed by atoms with Crippen LogP contribution in [0.15, 0.2) is 23.1 Å². The second-order valence-corrected chi connectivity index (χ2v) is 6.37. The molecule has 2 nitrogen and oxygen atoms in total. The monoisotopic (exact) mass is 265 g/mol. The molecule has 1 saturated carbocycles. The van der Waals surface area contributed by atoms with Gasteiger partial charge in [-0.1, -0.05) is 6.07 Å². The zero-order valence-electron chi connectivity index (χ0n) is 11.3. The predicted octanol–water partition coefficient (Wildman–Crippen LogP) is 2.90. The molecule has 0 heterocycles. The Morgan fingerprint density at radius 3 is 2.72 bits per heavy atom. The van der Waals surface area contributed by atoms with E-state index in [1.54, 1.807) is 0 Å². The Bertz CT molecular complexity index is 390. The van der Waals surface area contributed by atoms with E-state index >= 15 is 0 Å². The van der Waals surface area contributed by atoms with Crippen LogP contribution in [0.25, 0.3) is 0 Å². The van der Waals surface area contributed by atoms with E-state index in [0.29, 0.717) is 6.04 Å². The topological polar surface area (TPSA) is 32.3 Å². The van der Waals surface area contributed by atoms with Crippen LogP contribution in [-0.4, -0.2) is 29.5 Å². The van der Waals surface area contributed by atoms with Crippen LogP contribution in [0, 0.1) is 13.8 Å². The van der Waals surface area contributed by atoms with Crippen molar-refractivity contribution in [3.63, 3.8) is 0 Å². The van der Waals surface area contributed by atoms with Crippen LogP contribution >= 0.6 is 11.8 Å². The summed E-state index contributed by atoms with van der Waals surface area (Å²) in [6.45, 7) is 4.56. The lowest BCUT2D eigenvalue weighted by Gasteiger charge is -2.15. The number of aliphatic hydroxyl groups is 1. The van der Waals surface area contributed by atoms with E-state index in [9.17, 15) is 5.11 Å². The van der Waals surface area contributed by atoms with Crippen molar-refractivity contribution in [2.45, 2.75) is 50.1 Å². The van der Waals surface area contributed by atoms with E-state index in [-0.39, 0.29) is 12.6 Å². The van der Waals surface area contributed by atoms with Gasteiger partial charge in [0.15, 0.2) is 0 Å². The summed E-state index contributed by atoms with van der Waals surface area (Å²) in [5, 5.41) is 12.8. The summed E-state index contributed by atoms with van der Waals surface area (Å²) in [4.78, 5) is 1.33. The third-order valence-corrected chi connectivity index (χ3v) is 4.51. The Balaban J connectivity index is 1.74. The lowest BCUT2D eigenvalue weighted by atomic mass is 10.1. The highest BCUT2D eigenvalue weighted by Gasteiger charge is 2.23. The maximum Gasteiger partial charge on any atom is 0.0585 e. The first-order valence-electron chi connectivity index (χ1n) is 6.76. The van der Waals surface area contributed by atoms with Gasteiger partial charge < -0.3 is 10.4 Å². The molecule has 0 aromatic heterocycles. The SMILES string of the molecule is Cc1ccc(SCCC(CO)NC2CC2)cc1C. The van der Waals surface area contributed by atoms with E-state index < -0.39 is 0 Å². The second-order valence-electron chi connectivity index (χ2n) is 5.20. The van der Waals surface area contributed by atoms with E-state index in [2.05, 4.69) is 37.4 Å². The van der Waals surface area contributed by atoms with Gasteiger partial charge in [-0.3, -0.25) is 0 Å². The van der Waals surface area contributed by atoms with Crippen molar-refractivity contribution in [3.8, 4) is 0 Å². The molecule has 1 unspecified atom stereocenters. The van der Waals surface area contributed by atoms with Crippen LogP contribution in [0.1, 0.15) is 30.4 Å². The van der Waals surface area contributed by atoms with Gasteiger partial charge in [0.25, 0.3) is 0 Å². The molecule has 0 aliphatic heterocycles. The largest absolute Gasteiger partial charge is 0.395 e. The average molecular weight is 265 g/mol. The molecule has 0 radical (unpaired) electrons. The van der Waals surface area contributed by atoms with E-state index in [1.165, 1.54) is 28.9 Å². The number of hydrogen-bond donors (Lipinski definition) is 2. The molecule has 3 heteroatoms. The molecule has 1 fully saturated rings. The van der Waals surface area contributed by atoms with Gasteiger partial charge in [-0.25, -0.2) is 0 Å². The third kappa shape index (κ3) is 4.30. The van der Waals surface area contributed by atoms with Crippen LogP contribution in [0.5, 0.6) is 0 Å². The molecule has 1 aromatic carbocycles. The van der Waals surface area contributed by atoms with E-state index in [4.69, 9.17) is 0 Å². The summed E-state index contributed by atoms with van der Waals surface area (Å²) in [7, 11) is 0. The highest BCUT2D eigenvalue weighted by molar-refractivity contribution is 7.99. The van der Waals surface area contributed by atoms with Crippen LogP contribution in [0.2, 0.25) is 0 Å². The first kappa shape index (κ1) is 13.9. The van der Waals surface area contributed by atoms with Crippen molar-refractivity contribution in [2.24, 2.45) is 0 Å². The van der Waals surface area contributed by atoms with Gasteiger partial charge in [0, 0.05) is 17.0 Å². The van der Waals surface area contributed by atoms with Crippen LogP contribution < -0.4 is 5.32 Å². The molecule has 100 valence electrons. The molecule has 0 bridgehead atoms. The molecular formula is C15H23NOS. The minimum absolute atomic E-state index is 0.254. The molecule has 1 atom stereocenters. The van der Waals surface area contributed by atoms with Crippen molar-refractivity contribution < 1.29 is 5.11 Å². The maximum absolute atomic E-state index is 9.31. The number of benzene rings is 1. The zero-order valence-corrected chi connectivity index (χ0v) is 12.1. The van der Waals surface area contributed by atoms with Gasteiger partial charge in [0.2, 0.25) is 0 Å². The van der Waals surface area contributed by atoms with Crippen molar-refractivity contribution in [3.05, 3.63) is 29.3 Å². The zero-order chi connectivity index (χ0) is 13.0. The normalized spacial score (nSPS) is 16.8. The van der Waals surface area contributed by atoms with Gasteiger partial charge in [0.1, 0.15) is 0 Å². The summed E-state index contributed by atoms with van der Waals surface area (Å²) in [5.41, 5.74) is 2.71. The fraction of sp³-hybridized carbons (Fsp3) is 0.600. The van der Waals surface area contributed by atoms with Crippen LogP contribution in [0.4, 0.5) is 0 Å². The Hall–Kier alpha value is -0.510. The molecule has 1 aliphatic rings. The Labute approximate surface area is 114 Å².